The Bertz CT molecular complexity index is 286. The Morgan fingerprint density at radius 3 is 1.86 bits per heavy atom. The standard InChI is InChI=1S/C8H13F3O2S/c1-6-2-4-7(5-3-6)14(12,13)8(9,10)11/h6-7H,2-5H2,1H3. The molecule has 0 saturated heterocycles. The molecule has 0 amide bonds. The summed E-state index contributed by atoms with van der Waals surface area (Å²) in [5.41, 5.74) is -5.09. The molecule has 0 spiro atoms. The quantitative estimate of drug-likeness (QED) is 0.693. The van der Waals surface area contributed by atoms with E-state index in [1.807, 2.05) is 6.92 Å². The second-order valence-electron chi connectivity index (χ2n) is 3.87. The summed E-state index contributed by atoms with van der Waals surface area (Å²) in [6.45, 7) is 1.93. The van der Waals surface area contributed by atoms with Gasteiger partial charge in [0.2, 0.25) is 0 Å². The maximum Gasteiger partial charge on any atom is 0.497 e. The average Bonchev–Trinajstić information content (AvgIpc) is 2.03. The summed E-state index contributed by atoms with van der Waals surface area (Å²) in [6.07, 6.45) is 1.42. The summed E-state index contributed by atoms with van der Waals surface area (Å²) in [5.74, 6) is 0.342. The van der Waals surface area contributed by atoms with Gasteiger partial charge in [0.05, 0.1) is 5.25 Å². The Hall–Kier alpha value is -0.260. The molecule has 6 heteroatoms. The third-order valence-corrected chi connectivity index (χ3v) is 4.72. The Kier molecular flexibility index (Phi) is 3.13. The number of sulfone groups is 1. The normalized spacial score (nSPS) is 30.3. The zero-order valence-electron chi connectivity index (χ0n) is 7.84. The van der Waals surface area contributed by atoms with Crippen LogP contribution in [0, 0.1) is 5.92 Å². The number of rotatable bonds is 1. The van der Waals surface area contributed by atoms with E-state index >= 15 is 0 Å². The summed E-state index contributed by atoms with van der Waals surface area (Å²) >= 11 is 0. The van der Waals surface area contributed by atoms with E-state index in [-0.39, 0.29) is 12.8 Å². The van der Waals surface area contributed by atoms with E-state index in [4.69, 9.17) is 0 Å². The zero-order chi connectivity index (χ0) is 11.0. The molecule has 0 unspecified atom stereocenters. The van der Waals surface area contributed by atoms with Gasteiger partial charge in [0.15, 0.2) is 0 Å². The number of halogens is 3. The second kappa shape index (κ2) is 3.72. The summed E-state index contributed by atoms with van der Waals surface area (Å²) in [4.78, 5) is 0. The van der Waals surface area contributed by atoms with E-state index in [1.54, 1.807) is 0 Å². The first-order valence-corrected chi connectivity index (χ1v) is 6.10. The van der Waals surface area contributed by atoms with Crippen LogP contribution in [0.15, 0.2) is 0 Å². The lowest BCUT2D eigenvalue weighted by Gasteiger charge is -2.26. The molecule has 1 rings (SSSR count). The molecule has 0 N–H and O–H groups in total. The molecule has 1 saturated carbocycles. The van der Waals surface area contributed by atoms with Crippen LogP contribution in [0.4, 0.5) is 13.2 Å². The summed E-state index contributed by atoms with van der Waals surface area (Å²) in [6, 6.07) is 0. The molecular formula is C8H13F3O2S. The van der Waals surface area contributed by atoms with Crippen LogP contribution in [0.1, 0.15) is 32.6 Å². The van der Waals surface area contributed by atoms with Crippen LogP contribution in [0.3, 0.4) is 0 Å². The molecule has 0 bridgehead atoms. The molecule has 14 heavy (non-hydrogen) atoms. The molecule has 0 aliphatic heterocycles. The molecule has 0 atom stereocenters. The molecule has 0 radical (unpaired) electrons. The van der Waals surface area contributed by atoms with Crippen molar-refractivity contribution in [3.05, 3.63) is 0 Å². The third kappa shape index (κ3) is 2.21. The fourth-order valence-corrected chi connectivity index (χ4v) is 3.00. The lowest BCUT2D eigenvalue weighted by molar-refractivity contribution is -0.0449. The first-order valence-electron chi connectivity index (χ1n) is 4.55. The van der Waals surface area contributed by atoms with E-state index in [0.717, 1.165) is 0 Å². The fraction of sp³-hybridized carbons (Fsp3) is 1.00. The van der Waals surface area contributed by atoms with E-state index in [2.05, 4.69) is 0 Å². The van der Waals surface area contributed by atoms with Gasteiger partial charge >= 0.3 is 5.51 Å². The smallest absolute Gasteiger partial charge is 0.219 e. The SMILES string of the molecule is CC1CCC(S(=O)(=O)C(F)(F)F)CC1. The van der Waals surface area contributed by atoms with Gasteiger partial charge in [0.25, 0.3) is 9.84 Å². The predicted molar refractivity (Wildman–Crippen MR) is 46.4 cm³/mol. The van der Waals surface area contributed by atoms with Crippen molar-refractivity contribution in [1.82, 2.24) is 0 Å². The molecular weight excluding hydrogens is 217 g/mol. The van der Waals surface area contributed by atoms with Gasteiger partial charge in [-0.2, -0.15) is 13.2 Å². The topological polar surface area (TPSA) is 34.1 Å². The lowest BCUT2D eigenvalue weighted by Crippen LogP contribution is -2.36. The van der Waals surface area contributed by atoms with E-state index in [1.165, 1.54) is 0 Å². The van der Waals surface area contributed by atoms with Crippen molar-refractivity contribution in [3.63, 3.8) is 0 Å². The monoisotopic (exact) mass is 230 g/mol. The molecule has 84 valence electrons. The van der Waals surface area contributed by atoms with Crippen molar-refractivity contribution in [3.8, 4) is 0 Å². The van der Waals surface area contributed by atoms with Crippen molar-refractivity contribution >= 4 is 9.84 Å². The van der Waals surface area contributed by atoms with Crippen LogP contribution in [0.5, 0.6) is 0 Å². The van der Waals surface area contributed by atoms with Crippen molar-refractivity contribution in [2.75, 3.05) is 0 Å². The Labute approximate surface area is 81.4 Å². The van der Waals surface area contributed by atoms with Gasteiger partial charge < -0.3 is 0 Å². The maximum atomic E-state index is 12.1. The molecule has 1 fully saturated rings. The molecule has 0 aromatic carbocycles. The van der Waals surface area contributed by atoms with Crippen LogP contribution in [0.25, 0.3) is 0 Å². The van der Waals surface area contributed by atoms with Crippen molar-refractivity contribution in [2.24, 2.45) is 5.92 Å². The third-order valence-electron chi connectivity index (χ3n) is 2.72. The average molecular weight is 230 g/mol. The first-order chi connectivity index (χ1) is 6.25. The van der Waals surface area contributed by atoms with Crippen molar-refractivity contribution < 1.29 is 21.6 Å². The summed E-state index contributed by atoms with van der Waals surface area (Å²) < 4.78 is 58.4. The van der Waals surface area contributed by atoms with Crippen LogP contribution in [-0.4, -0.2) is 19.2 Å². The number of hydrogen-bond acceptors (Lipinski definition) is 2. The molecule has 0 aromatic rings. The van der Waals surface area contributed by atoms with Gasteiger partial charge in [-0.3, -0.25) is 0 Å². The minimum absolute atomic E-state index is 0.142. The number of alkyl halides is 3. The van der Waals surface area contributed by atoms with Gasteiger partial charge in [0, 0.05) is 0 Å². The zero-order valence-corrected chi connectivity index (χ0v) is 8.66. The molecule has 2 nitrogen and oxygen atoms in total. The fourth-order valence-electron chi connectivity index (χ4n) is 1.73. The molecule has 0 aromatic heterocycles. The van der Waals surface area contributed by atoms with E-state index in [9.17, 15) is 21.6 Å². The maximum absolute atomic E-state index is 12.1. The largest absolute Gasteiger partial charge is 0.497 e. The predicted octanol–water partition coefficient (Wildman–Crippen LogP) is 2.50. The van der Waals surface area contributed by atoms with Crippen molar-refractivity contribution in [1.29, 1.82) is 0 Å². The molecule has 1 aliphatic rings. The molecule has 1 aliphatic carbocycles. The summed E-state index contributed by atoms with van der Waals surface area (Å²) in [5, 5.41) is -1.21. The van der Waals surface area contributed by atoms with Gasteiger partial charge in [-0.25, -0.2) is 8.42 Å². The van der Waals surface area contributed by atoms with Crippen LogP contribution >= 0.6 is 0 Å². The highest BCUT2D eigenvalue weighted by molar-refractivity contribution is 7.92. The highest BCUT2D eigenvalue weighted by Crippen LogP contribution is 2.35. The number of hydrogen-bond donors (Lipinski definition) is 0. The van der Waals surface area contributed by atoms with E-state index < -0.39 is 20.6 Å². The van der Waals surface area contributed by atoms with Gasteiger partial charge in [0.1, 0.15) is 0 Å². The molecule has 0 heterocycles. The highest BCUT2D eigenvalue weighted by atomic mass is 32.2. The van der Waals surface area contributed by atoms with Crippen molar-refractivity contribution in [2.45, 2.75) is 43.4 Å². The minimum atomic E-state index is -5.09. The van der Waals surface area contributed by atoms with Crippen LogP contribution in [0.2, 0.25) is 0 Å². The van der Waals surface area contributed by atoms with Crippen LogP contribution in [-0.2, 0) is 9.84 Å². The lowest BCUT2D eigenvalue weighted by atomic mass is 9.91. The van der Waals surface area contributed by atoms with Gasteiger partial charge in [-0.1, -0.05) is 6.92 Å². The minimum Gasteiger partial charge on any atom is -0.219 e. The Morgan fingerprint density at radius 1 is 1.07 bits per heavy atom. The van der Waals surface area contributed by atoms with Crippen LogP contribution < -0.4 is 0 Å². The Balaban J connectivity index is 2.76. The van der Waals surface area contributed by atoms with Gasteiger partial charge in [-0.05, 0) is 31.6 Å². The van der Waals surface area contributed by atoms with E-state index in [0.29, 0.717) is 18.8 Å². The summed E-state index contributed by atoms with van der Waals surface area (Å²) in [7, 11) is -4.92. The van der Waals surface area contributed by atoms with Gasteiger partial charge in [-0.15, -0.1) is 0 Å². The first kappa shape index (κ1) is 11.8. The Morgan fingerprint density at radius 2 is 1.50 bits per heavy atom. The highest BCUT2D eigenvalue weighted by Gasteiger charge is 2.50. The second-order valence-corrected chi connectivity index (χ2v) is 6.09.